The fourth-order valence-corrected chi connectivity index (χ4v) is 6.13. The molecule has 3 rings (SSSR count). The summed E-state index contributed by atoms with van der Waals surface area (Å²) in [5.41, 5.74) is 1.60. The minimum Gasteiger partial charge on any atom is -0.496 e. The van der Waals surface area contributed by atoms with Crippen LogP contribution in [0.2, 0.25) is 0 Å². The van der Waals surface area contributed by atoms with Crippen LogP contribution in [-0.4, -0.2) is 22.1 Å². The Labute approximate surface area is 154 Å². The van der Waals surface area contributed by atoms with E-state index >= 15 is 0 Å². The lowest BCUT2D eigenvalue weighted by atomic mass is 9.85. The lowest BCUT2D eigenvalue weighted by Gasteiger charge is -2.28. The van der Waals surface area contributed by atoms with Gasteiger partial charge >= 0.3 is 0 Å². The van der Waals surface area contributed by atoms with Crippen LogP contribution in [0.5, 0.6) is 5.75 Å². The van der Waals surface area contributed by atoms with Crippen molar-refractivity contribution in [2.75, 3.05) is 13.7 Å². The standard InChI is InChI=1S/C19H25NO3S2/c1-14-11-16(12-15(2)18(14)23-3)25(21,22)20-13-19(8-4-5-9-19)17-7-6-10-24-17/h6-7,10-12,20H,4-5,8-9,13H2,1-3H3. The Morgan fingerprint density at radius 3 is 2.36 bits per heavy atom. The van der Waals surface area contributed by atoms with E-state index in [0.717, 1.165) is 42.6 Å². The molecule has 1 fully saturated rings. The number of thiophene rings is 1. The molecule has 1 aromatic carbocycles. The highest BCUT2D eigenvalue weighted by atomic mass is 32.2. The third-order valence-corrected chi connectivity index (χ3v) is 7.65. The number of hydrogen-bond acceptors (Lipinski definition) is 4. The quantitative estimate of drug-likeness (QED) is 0.820. The van der Waals surface area contributed by atoms with Crippen LogP contribution in [0, 0.1) is 13.8 Å². The molecule has 6 heteroatoms. The predicted molar refractivity (Wildman–Crippen MR) is 102 cm³/mol. The monoisotopic (exact) mass is 379 g/mol. The second kappa shape index (κ2) is 7.09. The van der Waals surface area contributed by atoms with E-state index in [-0.39, 0.29) is 5.41 Å². The van der Waals surface area contributed by atoms with Crippen molar-refractivity contribution >= 4 is 21.4 Å². The number of aryl methyl sites for hydroxylation is 2. The molecule has 0 atom stereocenters. The Bertz CT molecular complexity index is 813. The summed E-state index contributed by atoms with van der Waals surface area (Å²) in [6, 6.07) is 7.54. The fourth-order valence-electron chi connectivity index (χ4n) is 3.85. The summed E-state index contributed by atoms with van der Waals surface area (Å²) < 4.78 is 33.9. The van der Waals surface area contributed by atoms with Crippen LogP contribution in [-0.2, 0) is 15.4 Å². The SMILES string of the molecule is COc1c(C)cc(S(=O)(=O)NCC2(c3cccs3)CCCC2)cc1C. The normalized spacial score (nSPS) is 16.9. The van der Waals surface area contributed by atoms with Gasteiger partial charge in [0.1, 0.15) is 5.75 Å². The van der Waals surface area contributed by atoms with Gasteiger partial charge in [-0.05, 0) is 61.4 Å². The van der Waals surface area contributed by atoms with E-state index in [1.165, 1.54) is 4.88 Å². The number of benzene rings is 1. The van der Waals surface area contributed by atoms with Crippen LogP contribution in [0.25, 0.3) is 0 Å². The maximum atomic E-state index is 12.9. The molecule has 2 aromatic rings. The van der Waals surface area contributed by atoms with Crippen molar-refractivity contribution in [2.45, 2.75) is 49.8 Å². The van der Waals surface area contributed by atoms with E-state index in [2.05, 4.69) is 16.2 Å². The van der Waals surface area contributed by atoms with Crippen molar-refractivity contribution < 1.29 is 13.2 Å². The second-order valence-corrected chi connectivity index (χ2v) is 9.59. The highest BCUT2D eigenvalue weighted by Gasteiger charge is 2.37. The van der Waals surface area contributed by atoms with Crippen molar-refractivity contribution in [2.24, 2.45) is 0 Å². The molecule has 0 radical (unpaired) electrons. The van der Waals surface area contributed by atoms with E-state index in [9.17, 15) is 8.42 Å². The molecule has 1 aliphatic rings. The van der Waals surface area contributed by atoms with Gasteiger partial charge < -0.3 is 4.74 Å². The summed E-state index contributed by atoms with van der Waals surface area (Å²) in [5, 5.41) is 2.07. The first kappa shape index (κ1) is 18.4. The van der Waals surface area contributed by atoms with E-state index in [1.807, 2.05) is 19.9 Å². The zero-order valence-electron chi connectivity index (χ0n) is 15.0. The Balaban J connectivity index is 1.84. The van der Waals surface area contributed by atoms with Crippen LogP contribution >= 0.6 is 11.3 Å². The molecule has 0 spiro atoms. The smallest absolute Gasteiger partial charge is 0.240 e. The molecule has 0 unspecified atom stereocenters. The van der Waals surface area contributed by atoms with Crippen molar-refractivity contribution in [3.05, 3.63) is 45.6 Å². The summed E-state index contributed by atoms with van der Waals surface area (Å²) in [4.78, 5) is 1.59. The van der Waals surface area contributed by atoms with Gasteiger partial charge in [-0.3, -0.25) is 0 Å². The number of nitrogens with one attached hydrogen (secondary N) is 1. The van der Waals surface area contributed by atoms with Gasteiger partial charge in [0.05, 0.1) is 12.0 Å². The van der Waals surface area contributed by atoms with E-state index in [0.29, 0.717) is 11.4 Å². The molecular weight excluding hydrogens is 354 g/mol. The van der Waals surface area contributed by atoms with Gasteiger partial charge in [-0.1, -0.05) is 18.9 Å². The first-order valence-electron chi connectivity index (χ1n) is 8.57. The van der Waals surface area contributed by atoms with Crippen molar-refractivity contribution in [3.63, 3.8) is 0 Å². The number of sulfonamides is 1. The van der Waals surface area contributed by atoms with Crippen LogP contribution in [0.4, 0.5) is 0 Å². The minimum atomic E-state index is -3.55. The molecule has 4 nitrogen and oxygen atoms in total. The average molecular weight is 380 g/mol. The lowest BCUT2D eigenvalue weighted by Crippen LogP contribution is -2.38. The fraction of sp³-hybridized carbons (Fsp3) is 0.474. The number of ether oxygens (including phenoxy) is 1. The van der Waals surface area contributed by atoms with Crippen molar-refractivity contribution in [1.82, 2.24) is 4.72 Å². The zero-order chi connectivity index (χ0) is 18.1. The third kappa shape index (κ3) is 3.61. The summed E-state index contributed by atoms with van der Waals surface area (Å²) in [5.74, 6) is 0.741. The van der Waals surface area contributed by atoms with E-state index in [4.69, 9.17) is 4.74 Å². The average Bonchev–Trinajstić information content (AvgIpc) is 3.25. The molecule has 0 bridgehead atoms. The van der Waals surface area contributed by atoms with Crippen molar-refractivity contribution in [1.29, 1.82) is 0 Å². The lowest BCUT2D eigenvalue weighted by molar-refractivity contribution is 0.408. The van der Waals surface area contributed by atoms with Crippen LogP contribution < -0.4 is 9.46 Å². The van der Waals surface area contributed by atoms with Gasteiger partial charge in [0.15, 0.2) is 0 Å². The third-order valence-electron chi connectivity index (χ3n) is 5.15. The maximum absolute atomic E-state index is 12.9. The number of methoxy groups -OCH3 is 1. The number of rotatable bonds is 6. The van der Waals surface area contributed by atoms with Crippen LogP contribution in [0.3, 0.4) is 0 Å². The van der Waals surface area contributed by atoms with E-state index in [1.54, 1.807) is 30.6 Å². The Morgan fingerprint density at radius 1 is 1.20 bits per heavy atom. The van der Waals surface area contributed by atoms with Crippen molar-refractivity contribution in [3.8, 4) is 5.75 Å². The summed E-state index contributed by atoms with van der Waals surface area (Å²) >= 11 is 1.72. The molecular formula is C19H25NO3S2. The molecule has 0 aliphatic heterocycles. The Kier molecular flexibility index (Phi) is 5.23. The maximum Gasteiger partial charge on any atom is 0.240 e. The summed E-state index contributed by atoms with van der Waals surface area (Å²) in [7, 11) is -1.94. The first-order chi connectivity index (χ1) is 11.9. The molecule has 1 saturated carbocycles. The first-order valence-corrected chi connectivity index (χ1v) is 10.9. The molecule has 136 valence electrons. The second-order valence-electron chi connectivity index (χ2n) is 6.88. The Morgan fingerprint density at radius 2 is 1.84 bits per heavy atom. The minimum absolute atomic E-state index is 0.0577. The van der Waals surface area contributed by atoms with Gasteiger partial charge in [-0.15, -0.1) is 11.3 Å². The van der Waals surface area contributed by atoms with Crippen LogP contribution in [0.1, 0.15) is 41.7 Å². The highest BCUT2D eigenvalue weighted by molar-refractivity contribution is 7.89. The van der Waals surface area contributed by atoms with Gasteiger partial charge in [0, 0.05) is 16.8 Å². The van der Waals surface area contributed by atoms with Gasteiger partial charge in [0.25, 0.3) is 0 Å². The zero-order valence-corrected chi connectivity index (χ0v) is 16.6. The molecule has 25 heavy (non-hydrogen) atoms. The summed E-state index contributed by atoms with van der Waals surface area (Å²) in [6.45, 7) is 4.20. The van der Waals surface area contributed by atoms with Gasteiger partial charge in [-0.25, -0.2) is 13.1 Å². The molecule has 1 aromatic heterocycles. The predicted octanol–water partition coefficient (Wildman–Crippen LogP) is 4.16. The van der Waals surface area contributed by atoms with Crippen LogP contribution in [0.15, 0.2) is 34.5 Å². The largest absolute Gasteiger partial charge is 0.496 e. The van der Waals surface area contributed by atoms with E-state index < -0.39 is 10.0 Å². The molecule has 1 N–H and O–H groups in total. The number of hydrogen-bond donors (Lipinski definition) is 1. The Hall–Kier alpha value is -1.37. The van der Waals surface area contributed by atoms with Gasteiger partial charge in [0.2, 0.25) is 10.0 Å². The molecule has 0 amide bonds. The molecule has 0 saturated heterocycles. The van der Waals surface area contributed by atoms with Gasteiger partial charge in [-0.2, -0.15) is 0 Å². The molecule has 1 heterocycles. The molecule has 1 aliphatic carbocycles. The topological polar surface area (TPSA) is 55.4 Å². The highest BCUT2D eigenvalue weighted by Crippen LogP contribution is 2.42. The summed E-state index contributed by atoms with van der Waals surface area (Å²) in [6.07, 6.45) is 4.38.